The highest BCUT2D eigenvalue weighted by molar-refractivity contribution is 9.10. The molecule has 33 heavy (non-hydrogen) atoms. The Hall–Kier alpha value is -2.45. The van der Waals surface area contributed by atoms with E-state index < -0.39 is 35.0 Å². The van der Waals surface area contributed by atoms with Crippen molar-refractivity contribution in [2.75, 3.05) is 13.1 Å². The van der Waals surface area contributed by atoms with E-state index >= 15 is 0 Å². The maximum Gasteiger partial charge on any atom is 0.416 e. The molecular weight excluding hydrogens is 499 g/mol. The minimum absolute atomic E-state index is 0.0933. The van der Waals surface area contributed by atoms with Gasteiger partial charge in [-0.1, -0.05) is 52.3 Å². The maximum absolute atomic E-state index is 13.6. The lowest BCUT2D eigenvalue weighted by Gasteiger charge is -2.41. The second-order valence-electron chi connectivity index (χ2n) is 8.61. The van der Waals surface area contributed by atoms with Gasteiger partial charge in [0, 0.05) is 21.7 Å². The zero-order valence-electron chi connectivity index (χ0n) is 17.7. The molecule has 2 aromatic carbocycles. The lowest BCUT2D eigenvalue weighted by Crippen LogP contribution is -2.46. The van der Waals surface area contributed by atoms with Crippen molar-refractivity contribution < 1.29 is 27.9 Å². The number of rotatable bonds is 5. The van der Waals surface area contributed by atoms with E-state index in [-0.39, 0.29) is 17.8 Å². The molecule has 4 nitrogen and oxygen atoms in total. The van der Waals surface area contributed by atoms with Crippen LogP contribution >= 0.6 is 15.9 Å². The highest BCUT2D eigenvalue weighted by Crippen LogP contribution is 2.58. The van der Waals surface area contributed by atoms with Crippen molar-refractivity contribution >= 4 is 33.8 Å². The number of aliphatic carboxylic acids is 1. The summed E-state index contributed by atoms with van der Waals surface area (Å²) in [5.74, 6) is -2.58. The molecule has 2 atom stereocenters. The van der Waals surface area contributed by atoms with E-state index in [9.17, 15) is 27.9 Å². The average molecular weight is 522 g/mol. The Morgan fingerprint density at radius 1 is 1.12 bits per heavy atom. The number of alkyl halides is 3. The zero-order valence-corrected chi connectivity index (χ0v) is 19.2. The topological polar surface area (TPSA) is 66.4 Å². The number of hydrogen-bond donors (Lipinski definition) is 2. The first-order valence-electron chi connectivity index (χ1n) is 10.7. The fraction of sp³-hybridized carbons (Fsp3) is 0.360. The fourth-order valence-corrected chi connectivity index (χ4v) is 6.37. The van der Waals surface area contributed by atoms with Crippen molar-refractivity contribution in [3.8, 4) is 0 Å². The van der Waals surface area contributed by atoms with E-state index in [1.165, 1.54) is 30.4 Å². The largest absolute Gasteiger partial charge is 0.481 e. The van der Waals surface area contributed by atoms with Crippen LogP contribution in [0.25, 0.3) is 6.08 Å². The minimum Gasteiger partial charge on any atom is -0.481 e. The number of hydrogen-bond acceptors (Lipinski definition) is 3. The molecule has 4 rings (SSSR count). The quantitative estimate of drug-likeness (QED) is 0.505. The normalized spacial score (nSPS) is 21.9. The molecule has 2 aliphatic rings. The summed E-state index contributed by atoms with van der Waals surface area (Å²) in [4.78, 5) is 25.4. The monoisotopic (exact) mass is 521 g/mol. The second kappa shape index (κ2) is 9.06. The SMILES string of the molecule is O=C(O)CC1c2cccc(Br)c2C2(CCNCC2)C1C(=O)C=Cc1ccccc1C(F)(F)F. The molecule has 174 valence electrons. The maximum atomic E-state index is 13.6. The number of benzene rings is 2. The van der Waals surface area contributed by atoms with Gasteiger partial charge in [-0.15, -0.1) is 0 Å². The molecular formula is C25H23BrF3NO3. The Kier molecular flexibility index (Phi) is 6.51. The number of fused-ring (bicyclic) bond motifs is 2. The number of nitrogens with one attached hydrogen (secondary N) is 1. The second-order valence-corrected chi connectivity index (χ2v) is 9.47. The molecule has 0 radical (unpaired) electrons. The average Bonchev–Trinajstić information content (AvgIpc) is 3.01. The lowest BCUT2D eigenvalue weighted by molar-refractivity contribution is -0.139. The van der Waals surface area contributed by atoms with Crippen LogP contribution in [0.2, 0.25) is 0 Å². The van der Waals surface area contributed by atoms with Gasteiger partial charge in [-0.05, 0) is 60.8 Å². The van der Waals surface area contributed by atoms with Gasteiger partial charge in [0.15, 0.2) is 5.78 Å². The third-order valence-corrected chi connectivity index (χ3v) is 7.49. The first-order valence-corrected chi connectivity index (χ1v) is 11.5. The Bertz CT molecular complexity index is 1110. The number of allylic oxidation sites excluding steroid dienone is 1. The van der Waals surface area contributed by atoms with E-state index in [0.717, 1.165) is 21.7 Å². The highest BCUT2D eigenvalue weighted by atomic mass is 79.9. The van der Waals surface area contributed by atoms with Gasteiger partial charge in [-0.25, -0.2) is 0 Å². The van der Waals surface area contributed by atoms with Gasteiger partial charge < -0.3 is 10.4 Å². The predicted octanol–water partition coefficient (Wildman–Crippen LogP) is 5.56. The number of halogens is 4. The van der Waals surface area contributed by atoms with Crippen LogP contribution in [0, 0.1) is 5.92 Å². The van der Waals surface area contributed by atoms with Gasteiger partial charge in [0.2, 0.25) is 0 Å². The van der Waals surface area contributed by atoms with Crippen molar-refractivity contribution in [3.05, 3.63) is 75.3 Å². The molecule has 0 saturated carbocycles. The van der Waals surface area contributed by atoms with Crippen molar-refractivity contribution in [1.82, 2.24) is 5.32 Å². The zero-order chi connectivity index (χ0) is 23.8. The van der Waals surface area contributed by atoms with Crippen molar-refractivity contribution in [3.63, 3.8) is 0 Å². The highest BCUT2D eigenvalue weighted by Gasteiger charge is 2.55. The summed E-state index contributed by atoms with van der Waals surface area (Å²) < 4.78 is 41.0. The molecule has 1 heterocycles. The molecule has 1 aliphatic carbocycles. The van der Waals surface area contributed by atoms with E-state index in [1.807, 2.05) is 18.2 Å². The number of carboxylic acid groups (broad SMARTS) is 1. The summed E-state index contributed by atoms with van der Waals surface area (Å²) in [5, 5.41) is 12.9. The minimum atomic E-state index is -4.54. The third kappa shape index (κ3) is 4.38. The van der Waals surface area contributed by atoms with Crippen LogP contribution in [-0.2, 0) is 21.2 Å². The van der Waals surface area contributed by atoms with Crippen LogP contribution in [0.5, 0.6) is 0 Å². The molecule has 2 unspecified atom stereocenters. The molecule has 0 amide bonds. The first kappa shape index (κ1) is 23.7. The van der Waals surface area contributed by atoms with Crippen LogP contribution in [0.1, 0.15) is 47.4 Å². The molecule has 2 N–H and O–H groups in total. The van der Waals surface area contributed by atoms with Gasteiger partial charge in [0.1, 0.15) is 0 Å². The Labute approximate surface area is 198 Å². The Balaban J connectivity index is 1.79. The standard InChI is InChI=1S/C25H23BrF3NO3/c26-19-7-3-5-16-17(14-21(32)33)23(24(22(16)19)10-12-30-13-11-24)20(31)9-8-15-4-1-2-6-18(15)25(27,28)29/h1-9,17,23,30H,10-14H2,(H,32,33). The molecule has 1 spiro atoms. The van der Waals surface area contributed by atoms with Gasteiger partial charge in [-0.3, -0.25) is 9.59 Å². The number of ketones is 1. The van der Waals surface area contributed by atoms with Crippen LogP contribution in [0.3, 0.4) is 0 Å². The summed E-state index contributed by atoms with van der Waals surface area (Å²) >= 11 is 3.61. The van der Waals surface area contributed by atoms with Crippen LogP contribution in [0.15, 0.2) is 53.0 Å². The fourth-order valence-electron chi connectivity index (χ4n) is 5.59. The van der Waals surface area contributed by atoms with Gasteiger partial charge in [0.05, 0.1) is 12.0 Å². The molecule has 1 saturated heterocycles. The summed E-state index contributed by atoms with van der Waals surface area (Å²) in [5.41, 5.74) is 0.303. The van der Waals surface area contributed by atoms with Crippen molar-refractivity contribution in [2.45, 2.75) is 36.8 Å². The van der Waals surface area contributed by atoms with Crippen LogP contribution < -0.4 is 5.32 Å². The summed E-state index contributed by atoms with van der Waals surface area (Å²) in [6.45, 7) is 1.34. The number of carboxylic acids is 1. The third-order valence-electron chi connectivity index (χ3n) is 6.83. The van der Waals surface area contributed by atoms with Crippen molar-refractivity contribution in [1.29, 1.82) is 0 Å². The van der Waals surface area contributed by atoms with Crippen LogP contribution in [0.4, 0.5) is 13.2 Å². The number of carbonyl (C=O) groups excluding carboxylic acids is 1. The van der Waals surface area contributed by atoms with Gasteiger partial charge >= 0.3 is 12.1 Å². The number of piperidine rings is 1. The molecule has 0 aromatic heterocycles. The molecule has 1 aliphatic heterocycles. The molecule has 8 heteroatoms. The van der Waals surface area contributed by atoms with Gasteiger partial charge in [0.25, 0.3) is 0 Å². The van der Waals surface area contributed by atoms with E-state index in [2.05, 4.69) is 21.2 Å². The first-order chi connectivity index (χ1) is 15.6. The predicted molar refractivity (Wildman–Crippen MR) is 122 cm³/mol. The summed E-state index contributed by atoms with van der Waals surface area (Å²) in [6, 6.07) is 10.7. The van der Waals surface area contributed by atoms with Gasteiger partial charge in [-0.2, -0.15) is 13.2 Å². The Morgan fingerprint density at radius 3 is 2.48 bits per heavy atom. The van der Waals surface area contributed by atoms with E-state index in [4.69, 9.17) is 0 Å². The Morgan fingerprint density at radius 2 is 1.82 bits per heavy atom. The number of carbonyl (C=O) groups is 2. The van der Waals surface area contributed by atoms with E-state index in [1.54, 1.807) is 0 Å². The van der Waals surface area contributed by atoms with Crippen LogP contribution in [-0.4, -0.2) is 29.9 Å². The smallest absolute Gasteiger partial charge is 0.416 e. The lowest BCUT2D eigenvalue weighted by atomic mass is 9.65. The molecule has 0 bridgehead atoms. The van der Waals surface area contributed by atoms with Crippen molar-refractivity contribution in [2.24, 2.45) is 5.92 Å². The molecule has 1 fully saturated rings. The molecule has 2 aromatic rings. The summed E-state index contributed by atoms with van der Waals surface area (Å²) in [6.07, 6.45) is -1.07. The summed E-state index contributed by atoms with van der Waals surface area (Å²) in [7, 11) is 0. The van der Waals surface area contributed by atoms with E-state index in [0.29, 0.717) is 25.9 Å².